The molecule has 0 aliphatic rings. The van der Waals surface area contributed by atoms with Crippen LogP contribution >= 0.6 is 12.4 Å². The van der Waals surface area contributed by atoms with Crippen LogP contribution in [-0.4, -0.2) is 0 Å². The van der Waals surface area contributed by atoms with E-state index in [1.807, 2.05) is 0 Å². The first-order valence-corrected chi connectivity index (χ1v) is 13.2. The van der Waals surface area contributed by atoms with E-state index in [0.717, 1.165) is 6.42 Å². The first-order chi connectivity index (χ1) is 15.3. The molecule has 2 aromatic rings. The molecule has 2 N–H and O–H groups in total. The van der Waals surface area contributed by atoms with Gasteiger partial charge in [-0.3, -0.25) is 0 Å². The van der Waals surface area contributed by atoms with E-state index in [0.29, 0.717) is 0 Å². The van der Waals surface area contributed by atoms with Crippen molar-refractivity contribution in [1.29, 1.82) is 0 Å². The molecule has 0 amide bonds. The first kappa shape index (κ1) is 28.7. The Morgan fingerprint density at radius 1 is 0.500 bits per heavy atom. The number of hydrogen-bond donors (Lipinski definition) is 1. The molecular formula is C30H48ClN. The predicted octanol–water partition coefficient (Wildman–Crippen LogP) is 9.57. The topological polar surface area (TPSA) is 26.0 Å². The average Bonchev–Trinajstić information content (AvgIpc) is 2.82. The van der Waals surface area contributed by atoms with Crippen LogP contribution in [0.25, 0.3) is 0 Å². The summed E-state index contributed by atoms with van der Waals surface area (Å²) in [5.41, 5.74) is 9.08. The van der Waals surface area contributed by atoms with Crippen LogP contribution in [0.1, 0.15) is 121 Å². The third-order valence-electron chi connectivity index (χ3n) is 6.75. The highest BCUT2D eigenvalue weighted by Crippen LogP contribution is 2.32. The fraction of sp³-hybridized carbons (Fsp3) is 0.600. The smallest absolute Gasteiger partial charge is 0.0665 e. The summed E-state index contributed by atoms with van der Waals surface area (Å²) >= 11 is 0. The molecule has 0 radical (unpaired) electrons. The van der Waals surface area contributed by atoms with Crippen molar-refractivity contribution in [2.75, 3.05) is 0 Å². The van der Waals surface area contributed by atoms with Crippen LogP contribution in [-0.2, 0) is 5.54 Å². The standard InChI is InChI=1S/C30H47N.ClH/c1-2-3-4-5-6-7-8-9-10-11-12-13-14-15-22-27-30(31,28-23-18-16-19-24-28)29-25-20-17-21-26-29;/h16-21,23-26H,2-15,22,27,31H2,1H3;1H. The van der Waals surface area contributed by atoms with Gasteiger partial charge in [-0.05, 0) is 17.5 Å². The first-order valence-electron chi connectivity index (χ1n) is 13.2. The Morgan fingerprint density at radius 3 is 1.16 bits per heavy atom. The van der Waals surface area contributed by atoms with Crippen LogP contribution in [0.4, 0.5) is 0 Å². The normalized spacial score (nSPS) is 11.3. The Kier molecular flexibility index (Phi) is 16.3. The molecule has 2 aromatic carbocycles. The van der Waals surface area contributed by atoms with Gasteiger partial charge in [0.2, 0.25) is 0 Å². The molecule has 180 valence electrons. The average molecular weight is 458 g/mol. The minimum Gasteiger partial charge on any atom is -0.318 e. The Bertz CT molecular complexity index is 616. The highest BCUT2D eigenvalue weighted by Gasteiger charge is 2.28. The monoisotopic (exact) mass is 457 g/mol. The number of rotatable bonds is 18. The molecule has 0 saturated heterocycles. The van der Waals surface area contributed by atoms with E-state index in [9.17, 15) is 0 Å². The van der Waals surface area contributed by atoms with Gasteiger partial charge in [-0.2, -0.15) is 0 Å². The Balaban J connectivity index is 0.00000512. The van der Waals surface area contributed by atoms with Crippen molar-refractivity contribution in [3.05, 3.63) is 71.8 Å². The maximum Gasteiger partial charge on any atom is 0.0665 e. The maximum atomic E-state index is 6.99. The number of hydrogen-bond acceptors (Lipinski definition) is 1. The second kappa shape index (κ2) is 18.2. The molecule has 2 heteroatoms. The zero-order valence-corrected chi connectivity index (χ0v) is 21.4. The van der Waals surface area contributed by atoms with E-state index in [1.54, 1.807) is 0 Å². The summed E-state index contributed by atoms with van der Waals surface area (Å²) in [6.07, 6.45) is 21.9. The Morgan fingerprint density at radius 2 is 0.812 bits per heavy atom. The van der Waals surface area contributed by atoms with Crippen molar-refractivity contribution in [2.45, 2.75) is 115 Å². The van der Waals surface area contributed by atoms with Crippen LogP contribution in [0.3, 0.4) is 0 Å². The van der Waals surface area contributed by atoms with Crippen LogP contribution in [0.5, 0.6) is 0 Å². The molecule has 32 heavy (non-hydrogen) atoms. The third-order valence-corrected chi connectivity index (χ3v) is 6.75. The molecule has 2 rings (SSSR count). The second-order valence-electron chi connectivity index (χ2n) is 9.40. The molecule has 0 aliphatic heterocycles. The molecule has 0 unspecified atom stereocenters. The summed E-state index contributed by atoms with van der Waals surface area (Å²) in [4.78, 5) is 0. The van der Waals surface area contributed by atoms with Crippen molar-refractivity contribution in [3.63, 3.8) is 0 Å². The SMILES string of the molecule is CCCCCCCCCCCCCCCCCC(N)(c1ccccc1)c1ccccc1.Cl. The minimum atomic E-state index is -0.376. The van der Waals surface area contributed by atoms with E-state index in [-0.39, 0.29) is 17.9 Å². The number of unbranched alkanes of at least 4 members (excludes halogenated alkanes) is 14. The van der Waals surface area contributed by atoms with E-state index in [2.05, 4.69) is 67.6 Å². The lowest BCUT2D eigenvalue weighted by molar-refractivity contribution is 0.450. The van der Waals surface area contributed by atoms with E-state index in [4.69, 9.17) is 5.73 Å². The van der Waals surface area contributed by atoms with Crippen molar-refractivity contribution in [3.8, 4) is 0 Å². The Labute approximate surface area is 205 Å². The number of benzene rings is 2. The van der Waals surface area contributed by atoms with Crippen LogP contribution < -0.4 is 5.73 Å². The number of nitrogens with two attached hydrogens (primary N) is 1. The highest BCUT2D eigenvalue weighted by molar-refractivity contribution is 5.85. The fourth-order valence-corrected chi connectivity index (χ4v) is 4.70. The summed E-state index contributed by atoms with van der Waals surface area (Å²) in [7, 11) is 0. The molecule has 0 fully saturated rings. The van der Waals surface area contributed by atoms with Gasteiger partial charge < -0.3 is 5.73 Å². The van der Waals surface area contributed by atoms with E-state index >= 15 is 0 Å². The molecule has 0 saturated carbocycles. The molecule has 0 spiro atoms. The molecule has 0 bridgehead atoms. The third kappa shape index (κ3) is 11.0. The van der Waals surface area contributed by atoms with Gasteiger partial charge in [-0.15, -0.1) is 12.4 Å². The lowest BCUT2D eigenvalue weighted by atomic mass is 9.79. The molecule has 0 aromatic heterocycles. The molecule has 0 aliphatic carbocycles. The van der Waals surface area contributed by atoms with Crippen molar-refractivity contribution in [2.24, 2.45) is 5.73 Å². The molecule has 0 heterocycles. The van der Waals surface area contributed by atoms with Crippen LogP contribution in [0.15, 0.2) is 60.7 Å². The predicted molar refractivity (Wildman–Crippen MR) is 145 cm³/mol. The van der Waals surface area contributed by atoms with E-state index in [1.165, 1.54) is 107 Å². The fourth-order valence-electron chi connectivity index (χ4n) is 4.70. The summed E-state index contributed by atoms with van der Waals surface area (Å²) in [5, 5.41) is 0. The maximum absolute atomic E-state index is 6.99. The van der Waals surface area contributed by atoms with Crippen LogP contribution in [0, 0.1) is 0 Å². The lowest BCUT2D eigenvalue weighted by Crippen LogP contribution is -2.37. The summed E-state index contributed by atoms with van der Waals surface area (Å²) in [5.74, 6) is 0. The summed E-state index contributed by atoms with van der Waals surface area (Å²) < 4.78 is 0. The van der Waals surface area contributed by atoms with Gasteiger partial charge in [0.1, 0.15) is 0 Å². The highest BCUT2D eigenvalue weighted by atomic mass is 35.5. The van der Waals surface area contributed by atoms with Gasteiger partial charge >= 0.3 is 0 Å². The minimum absolute atomic E-state index is 0. The van der Waals surface area contributed by atoms with Gasteiger partial charge in [0.25, 0.3) is 0 Å². The van der Waals surface area contributed by atoms with E-state index < -0.39 is 0 Å². The molecular weight excluding hydrogens is 410 g/mol. The van der Waals surface area contributed by atoms with Gasteiger partial charge in [0.05, 0.1) is 5.54 Å². The largest absolute Gasteiger partial charge is 0.318 e. The number of halogens is 1. The lowest BCUT2D eigenvalue weighted by Gasteiger charge is -2.31. The molecule has 1 nitrogen and oxygen atoms in total. The van der Waals surface area contributed by atoms with Gasteiger partial charge in [0, 0.05) is 0 Å². The van der Waals surface area contributed by atoms with Crippen LogP contribution in [0.2, 0.25) is 0 Å². The van der Waals surface area contributed by atoms with Gasteiger partial charge in [-0.25, -0.2) is 0 Å². The summed E-state index contributed by atoms with van der Waals surface area (Å²) in [6.45, 7) is 2.29. The molecule has 0 atom stereocenters. The second-order valence-corrected chi connectivity index (χ2v) is 9.40. The van der Waals surface area contributed by atoms with Crippen molar-refractivity contribution >= 4 is 12.4 Å². The zero-order valence-electron chi connectivity index (χ0n) is 20.6. The summed E-state index contributed by atoms with van der Waals surface area (Å²) in [6, 6.07) is 21.3. The van der Waals surface area contributed by atoms with Gasteiger partial charge in [-0.1, -0.05) is 164 Å². The Hall–Kier alpha value is -1.31. The quantitative estimate of drug-likeness (QED) is 0.221. The van der Waals surface area contributed by atoms with Crippen molar-refractivity contribution in [1.82, 2.24) is 0 Å². The van der Waals surface area contributed by atoms with Crippen molar-refractivity contribution < 1.29 is 0 Å². The van der Waals surface area contributed by atoms with Gasteiger partial charge in [0.15, 0.2) is 0 Å². The zero-order chi connectivity index (χ0) is 22.0.